The lowest BCUT2D eigenvalue weighted by Crippen LogP contribution is -2.53. The average Bonchev–Trinajstić information content (AvgIpc) is 2.92. The van der Waals surface area contributed by atoms with E-state index < -0.39 is 28.5 Å². The van der Waals surface area contributed by atoms with Crippen molar-refractivity contribution in [2.45, 2.75) is 63.9 Å². The van der Waals surface area contributed by atoms with Gasteiger partial charge in [-0.2, -0.15) is 0 Å². The summed E-state index contributed by atoms with van der Waals surface area (Å²) in [4.78, 5) is 28.4. The maximum atomic E-state index is 13.9. The molecule has 0 saturated heterocycles. The molecule has 3 rings (SSSR count). The van der Waals surface area contributed by atoms with E-state index in [1.54, 1.807) is 37.3 Å². The molecule has 0 heterocycles. The van der Waals surface area contributed by atoms with E-state index in [9.17, 15) is 18.0 Å². The predicted molar refractivity (Wildman–Crippen MR) is 156 cm³/mol. The van der Waals surface area contributed by atoms with Gasteiger partial charge in [0, 0.05) is 12.6 Å². The van der Waals surface area contributed by atoms with Gasteiger partial charge in [0.05, 0.1) is 10.6 Å². The summed E-state index contributed by atoms with van der Waals surface area (Å²) >= 11 is 0. The highest BCUT2D eigenvalue weighted by Gasteiger charge is 2.32. The summed E-state index contributed by atoms with van der Waals surface area (Å²) < 4.78 is 28.8. The Kier molecular flexibility index (Phi) is 10.3. The zero-order valence-electron chi connectivity index (χ0n) is 23.4. The van der Waals surface area contributed by atoms with E-state index in [2.05, 4.69) is 19.2 Å². The van der Waals surface area contributed by atoms with E-state index in [1.165, 1.54) is 17.0 Å². The first-order valence-corrected chi connectivity index (χ1v) is 14.8. The van der Waals surface area contributed by atoms with Crippen LogP contribution < -0.4 is 9.62 Å². The predicted octanol–water partition coefficient (Wildman–Crippen LogP) is 4.99. The van der Waals surface area contributed by atoms with Crippen LogP contribution in [0.1, 0.15) is 51.7 Å². The first kappa shape index (κ1) is 29.9. The van der Waals surface area contributed by atoms with Gasteiger partial charge < -0.3 is 10.2 Å². The second-order valence-electron chi connectivity index (χ2n) is 10.2. The molecule has 2 amide bonds. The van der Waals surface area contributed by atoms with Gasteiger partial charge >= 0.3 is 0 Å². The van der Waals surface area contributed by atoms with Crippen LogP contribution in [0, 0.1) is 0 Å². The smallest absolute Gasteiger partial charge is 0.264 e. The molecular formula is C31H39N3O4S. The quantitative estimate of drug-likeness (QED) is 0.345. The Morgan fingerprint density at radius 3 is 1.90 bits per heavy atom. The monoisotopic (exact) mass is 549 g/mol. The molecule has 1 N–H and O–H groups in total. The number of hydrogen-bond acceptors (Lipinski definition) is 4. The van der Waals surface area contributed by atoms with E-state index in [-0.39, 0.29) is 29.3 Å². The minimum atomic E-state index is -4.06. The Morgan fingerprint density at radius 1 is 0.795 bits per heavy atom. The molecule has 0 unspecified atom stereocenters. The lowest BCUT2D eigenvalue weighted by Gasteiger charge is -2.32. The molecule has 0 aromatic heterocycles. The number of sulfonamides is 1. The summed E-state index contributed by atoms with van der Waals surface area (Å²) in [6, 6.07) is 24.1. The summed E-state index contributed by atoms with van der Waals surface area (Å²) in [5, 5.41) is 2.87. The normalized spacial score (nSPS) is 12.3. The summed E-state index contributed by atoms with van der Waals surface area (Å²) in [7, 11) is -4.06. The van der Waals surface area contributed by atoms with Crippen LogP contribution in [0.3, 0.4) is 0 Å². The number of nitrogens with one attached hydrogen (secondary N) is 1. The molecule has 8 heteroatoms. The molecule has 7 nitrogen and oxygen atoms in total. The first-order valence-electron chi connectivity index (χ1n) is 13.3. The van der Waals surface area contributed by atoms with Crippen molar-refractivity contribution in [1.82, 2.24) is 10.2 Å². The van der Waals surface area contributed by atoms with Crippen molar-refractivity contribution in [3.63, 3.8) is 0 Å². The van der Waals surface area contributed by atoms with E-state index >= 15 is 0 Å². The van der Waals surface area contributed by atoms with Gasteiger partial charge in [0.25, 0.3) is 10.0 Å². The molecule has 0 fully saturated rings. The zero-order valence-corrected chi connectivity index (χ0v) is 24.2. The molecule has 0 aliphatic carbocycles. The van der Waals surface area contributed by atoms with Crippen molar-refractivity contribution in [2.75, 3.05) is 17.4 Å². The Bertz CT molecular complexity index is 1330. The van der Waals surface area contributed by atoms with Gasteiger partial charge in [-0.25, -0.2) is 8.42 Å². The molecule has 3 aromatic carbocycles. The van der Waals surface area contributed by atoms with Gasteiger partial charge in [-0.15, -0.1) is 0 Å². The Balaban J connectivity index is 1.98. The van der Waals surface area contributed by atoms with Crippen molar-refractivity contribution in [2.24, 2.45) is 0 Å². The van der Waals surface area contributed by atoms with Crippen LogP contribution in [0.2, 0.25) is 0 Å². The third-order valence-electron chi connectivity index (χ3n) is 6.54. The number of amides is 2. The van der Waals surface area contributed by atoms with Crippen LogP contribution in [-0.2, 0) is 26.0 Å². The van der Waals surface area contributed by atoms with Crippen LogP contribution in [0.25, 0.3) is 0 Å². The molecule has 1 atom stereocenters. The average molecular weight is 550 g/mol. The topological polar surface area (TPSA) is 86.8 Å². The molecule has 208 valence electrons. The van der Waals surface area contributed by atoms with Gasteiger partial charge in [0.15, 0.2) is 0 Å². The number of hydrogen-bond donors (Lipinski definition) is 1. The van der Waals surface area contributed by atoms with E-state index in [0.717, 1.165) is 15.4 Å². The Morgan fingerprint density at radius 2 is 1.36 bits per heavy atom. The number of rotatable bonds is 12. The molecule has 0 aliphatic rings. The van der Waals surface area contributed by atoms with Crippen molar-refractivity contribution in [3.8, 4) is 0 Å². The largest absolute Gasteiger partial charge is 0.352 e. The molecule has 3 aromatic rings. The molecular weight excluding hydrogens is 510 g/mol. The molecule has 39 heavy (non-hydrogen) atoms. The number of carbonyl (C=O) groups excluding carboxylic acids is 2. The number of anilines is 1. The third kappa shape index (κ3) is 7.93. The number of carbonyl (C=O) groups is 2. The minimum absolute atomic E-state index is 0.0900. The maximum absolute atomic E-state index is 13.9. The third-order valence-corrected chi connectivity index (χ3v) is 8.33. The highest BCUT2D eigenvalue weighted by atomic mass is 32.2. The van der Waals surface area contributed by atoms with Gasteiger partial charge in [-0.3, -0.25) is 13.9 Å². The summed E-state index contributed by atoms with van der Waals surface area (Å²) in [6.07, 6.45) is 0.528. The lowest BCUT2D eigenvalue weighted by atomic mass is 10.0. The second kappa shape index (κ2) is 13.4. The van der Waals surface area contributed by atoms with Crippen molar-refractivity contribution in [3.05, 3.63) is 96.1 Å². The maximum Gasteiger partial charge on any atom is 0.264 e. The SMILES string of the molecule is CC(C)NC(=O)[C@H](C)N(CCc1ccccc1)C(=O)CN(c1ccc(C(C)C)cc1)S(=O)(=O)c1ccccc1. The van der Waals surface area contributed by atoms with Crippen molar-refractivity contribution >= 4 is 27.5 Å². The van der Waals surface area contributed by atoms with Crippen LogP contribution in [0.4, 0.5) is 5.69 Å². The highest BCUT2D eigenvalue weighted by molar-refractivity contribution is 7.92. The van der Waals surface area contributed by atoms with Crippen LogP contribution in [0.5, 0.6) is 0 Å². The van der Waals surface area contributed by atoms with Gasteiger partial charge in [-0.05, 0) is 68.5 Å². The van der Waals surface area contributed by atoms with Crippen LogP contribution in [-0.4, -0.2) is 50.3 Å². The second-order valence-corrected chi connectivity index (χ2v) is 12.1. The van der Waals surface area contributed by atoms with Crippen LogP contribution >= 0.6 is 0 Å². The fraction of sp³-hybridized carbons (Fsp3) is 0.355. The summed E-state index contributed by atoms with van der Waals surface area (Å²) in [5.41, 5.74) is 2.47. The van der Waals surface area contributed by atoms with Crippen LogP contribution in [0.15, 0.2) is 89.8 Å². The number of benzene rings is 3. The molecule has 0 aliphatic heterocycles. The molecule has 0 radical (unpaired) electrons. The number of nitrogens with zero attached hydrogens (tertiary/aromatic N) is 2. The summed E-state index contributed by atoms with van der Waals surface area (Å²) in [6.45, 7) is 9.34. The fourth-order valence-electron chi connectivity index (χ4n) is 4.25. The Labute approximate surface area is 232 Å². The zero-order chi connectivity index (χ0) is 28.6. The van der Waals surface area contributed by atoms with Gasteiger partial charge in [0.2, 0.25) is 11.8 Å². The Hall–Kier alpha value is -3.65. The first-order chi connectivity index (χ1) is 18.5. The summed E-state index contributed by atoms with van der Waals surface area (Å²) in [5.74, 6) is -0.469. The van der Waals surface area contributed by atoms with E-state index in [4.69, 9.17) is 0 Å². The van der Waals surface area contributed by atoms with Gasteiger partial charge in [-0.1, -0.05) is 74.5 Å². The highest BCUT2D eigenvalue weighted by Crippen LogP contribution is 2.26. The molecule has 0 saturated carbocycles. The molecule has 0 spiro atoms. The standard InChI is InChI=1S/C31H39N3O4S/c1-23(2)27-16-18-28(19-17-27)34(39(37,38)29-14-10-7-11-15-29)22-30(35)33(25(5)31(36)32-24(3)4)21-20-26-12-8-6-9-13-26/h6-19,23-25H,20-22H2,1-5H3,(H,32,36)/t25-/m0/s1. The van der Waals surface area contributed by atoms with E-state index in [1.807, 2.05) is 56.3 Å². The van der Waals surface area contributed by atoms with Crippen molar-refractivity contribution < 1.29 is 18.0 Å². The minimum Gasteiger partial charge on any atom is -0.352 e. The van der Waals surface area contributed by atoms with Gasteiger partial charge in [0.1, 0.15) is 12.6 Å². The van der Waals surface area contributed by atoms with E-state index in [0.29, 0.717) is 12.1 Å². The molecule has 0 bridgehead atoms. The van der Waals surface area contributed by atoms with Crippen molar-refractivity contribution in [1.29, 1.82) is 0 Å². The fourth-order valence-corrected chi connectivity index (χ4v) is 5.68. The lowest BCUT2D eigenvalue weighted by molar-refractivity contribution is -0.139.